The van der Waals surface area contributed by atoms with Crippen LogP contribution in [0.25, 0.3) is 0 Å². The summed E-state index contributed by atoms with van der Waals surface area (Å²) in [5.41, 5.74) is 2.56. The largest absolute Gasteiger partial charge is 0.395 e. The highest BCUT2D eigenvalue weighted by Gasteiger charge is 2.09. The van der Waals surface area contributed by atoms with Crippen molar-refractivity contribution < 1.29 is 9.90 Å². The van der Waals surface area contributed by atoms with Crippen molar-refractivity contribution in [2.24, 2.45) is 5.92 Å². The van der Waals surface area contributed by atoms with Crippen LogP contribution in [0, 0.1) is 24.7 Å². The number of carbonyl (C=O) groups is 1. The molecule has 3 nitrogen and oxygen atoms in total. The minimum atomic E-state index is -0.0279. The molecule has 0 aliphatic heterocycles. The van der Waals surface area contributed by atoms with E-state index in [9.17, 15) is 4.79 Å². The fraction of sp³-hybridized carbons (Fsp3) is 0.500. The summed E-state index contributed by atoms with van der Waals surface area (Å²) in [6, 6.07) is 5.54. The predicted octanol–water partition coefficient (Wildman–Crippen LogP) is 2.89. The molecular formula is C18H25NO2. The molecular weight excluding hydrogens is 262 g/mol. The van der Waals surface area contributed by atoms with Gasteiger partial charge in [-0.05, 0) is 36.6 Å². The van der Waals surface area contributed by atoms with Crippen LogP contribution in [-0.2, 0) is 0 Å². The molecule has 0 radical (unpaired) electrons. The van der Waals surface area contributed by atoms with Gasteiger partial charge in [-0.3, -0.25) is 4.79 Å². The lowest BCUT2D eigenvalue weighted by molar-refractivity contribution is 0.0946. The maximum Gasteiger partial charge on any atom is 0.251 e. The van der Waals surface area contributed by atoms with E-state index in [0.717, 1.165) is 30.5 Å². The fourth-order valence-electron chi connectivity index (χ4n) is 2.08. The van der Waals surface area contributed by atoms with Gasteiger partial charge in [-0.2, -0.15) is 0 Å². The molecule has 3 heteroatoms. The van der Waals surface area contributed by atoms with E-state index in [0.29, 0.717) is 17.9 Å². The topological polar surface area (TPSA) is 49.3 Å². The Hall–Kier alpha value is -1.79. The second-order valence-electron chi connectivity index (χ2n) is 5.20. The molecule has 114 valence electrons. The minimum absolute atomic E-state index is 0.0279. The predicted molar refractivity (Wildman–Crippen MR) is 86.2 cm³/mol. The highest BCUT2D eigenvalue weighted by atomic mass is 16.2. The molecule has 0 aliphatic rings. The summed E-state index contributed by atoms with van der Waals surface area (Å²) in [6.07, 6.45) is 2.63. The van der Waals surface area contributed by atoms with E-state index in [1.54, 1.807) is 6.07 Å². The Balaban J connectivity index is 2.70. The van der Waals surface area contributed by atoms with Gasteiger partial charge in [-0.1, -0.05) is 38.5 Å². The zero-order valence-corrected chi connectivity index (χ0v) is 13.2. The molecule has 0 unspecified atom stereocenters. The van der Waals surface area contributed by atoms with E-state index in [4.69, 9.17) is 5.11 Å². The number of carbonyl (C=O) groups excluding carboxylic acids is 1. The van der Waals surface area contributed by atoms with Gasteiger partial charge in [0.05, 0.1) is 6.61 Å². The molecule has 0 fully saturated rings. The molecule has 0 aromatic heterocycles. The summed E-state index contributed by atoms with van der Waals surface area (Å²) >= 11 is 0. The standard InChI is InChI=1S/C18H25NO2/c1-4-15(5-2)13-19-18(21)17-10-9-16(14(3)12-17)8-6-7-11-20/h9-10,12,15,20H,4-5,7,11,13H2,1-3H3,(H,19,21). The van der Waals surface area contributed by atoms with E-state index in [1.807, 2.05) is 19.1 Å². The van der Waals surface area contributed by atoms with Crippen molar-refractivity contribution in [3.8, 4) is 11.8 Å². The Morgan fingerprint density at radius 2 is 2.05 bits per heavy atom. The normalized spacial score (nSPS) is 10.1. The molecule has 0 aliphatic carbocycles. The van der Waals surface area contributed by atoms with Crippen LogP contribution < -0.4 is 5.32 Å². The van der Waals surface area contributed by atoms with Gasteiger partial charge in [-0.15, -0.1) is 0 Å². The Labute approximate surface area is 127 Å². The van der Waals surface area contributed by atoms with Crippen LogP contribution >= 0.6 is 0 Å². The first-order valence-corrected chi connectivity index (χ1v) is 7.60. The molecule has 0 saturated heterocycles. The molecule has 1 aromatic rings. The van der Waals surface area contributed by atoms with Crippen molar-refractivity contribution in [1.29, 1.82) is 0 Å². The van der Waals surface area contributed by atoms with Crippen LogP contribution in [0.2, 0.25) is 0 Å². The third-order valence-electron chi connectivity index (χ3n) is 3.65. The first kappa shape index (κ1) is 17.3. The highest BCUT2D eigenvalue weighted by molar-refractivity contribution is 5.94. The van der Waals surface area contributed by atoms with Gasteiger partial charge in [0.1, 0.15) is 0 Å². The summed E-state index contributed by atoms with van der Waals surface area (Å²) in [4.78, 5) is 12.1. The van der Waals surface area contributed by atoms with Gasteiger partial charge >= 0.3 is 0 Å². The minimum Gasteiger partial charge on any atom is -0.395 e. The van der Waals surface area contributed by atoms with Crippen LogP contribution in [-0.4, -0.2) is 24.2 Å². The average molecular weight is 287 g/mol. The van der Waals surface area contributed by atoms with Crippen molar-refractivity contribution in [3.05, 3.63) is 34.9 Å². The number of rotatable bonds is 6. The number of nitrogens with one attached hydrogen (secondary N) is 1. The molecule has 21 heavy (non-hydrogen) atoms. The lowest BCUT2D eigenvalue weighted by Crippen LogP contribution is -2.28. The van der Waals surface area contributed by atoms with Crippen molar-refractivity contribution in [3.63, 3.8) is 0 Å². The van der Waals surface area contributed by atoms with Gasteiger partial charge in [0.2, 0.25) is 0 Å². The van der Waals surface area contributed by atoms with Crippen molar-refractivity contribution >= 4 is 5.91 Å². The number of benzene rings is 1. The Bertz CT molecular complexity index is 522. The van der Waals surface area contributed by atoms with Gasteiger partial charge in [0.25, 0.3) is 5.91 Å². The average Bonchev–Trinajstić information content (AvgIpc) is 2.49. The van der Waals surface area contributed by atoms with Gasteiger partial charge < -0.3 is 10.4 Å². The quantitative estimate of drug-likeness (QED) is 0.790. The number of aryl methyl sites for hydroxylation is 1. The summed E-state index contributed by atoms with van der Waals surface area (Å²) in [5.74, 6) is 6.41. The van der Waals surface area contributed by atoms with Crippen LogP contribution in [0.3, 0.4) is 0 Å². The lowest BCUT2D eigenvalue weighted by atomic mass is 10.0. The number of aliphatic hydroxyl groups is 1. The molecule has 2 N–H and O–H groups in total. The van der Waals surface area contributed by atoms with E-state index in [1.165, 1.54) is 0 Å². The van der Waals surface area contributed by atoms with Crippen LogP contribution in [0.4, 0.5) is 0 Å². The monoisotopic (exact) mass is 287 g/mol. The number of aliphatic hydroxyl groups excluding tert-OH is 1. The van der Waals surface area contributed by atoms with Crippen molar-refractivity contribution in [2.75, 3.05) is 13.2 Å². The van der Waals surface area contributed by atoms with Crippen LogP contribution in [0.15, 0.2) is 18.2 Å². The molecule has 1 aromatic carbocycles. The second-order valence-corrected chi connectivity index (χ2v) is 5.20. The lowest BCUT2D eigenvalue weighted by Gasteiger charge is -2.13. The first-order valence-electron chi connectivity index (χ1n) is 7.60. The smallest absolute Gasteiger partial charge is 0.251 e. The molecule has 0 heterocycles. The maximum absolute atomic E-state index is 12.1. The molecule has 0 saturated carbocycles. The maximum atomic E-state index is 12.1. The summed E-state index contributed by atoms with van der Waals surface area (Å²) in [5, 5.41) is 11.7. The Morgan fingerprint density at radius 1 is 1.33 bits per heavy atom. The van der Waals surface area contributed by atoms with Crippen LogP contribution in [0.5, 0.6) is 0 Å². The van der Waals surface area contributed by atoms with E-state index in [2.05, 4.69) is 31.0 Å². The summed E-state index contributed by atoms with van der Waals surface area (Å²) in [6.45, 7) is 7.03. The second kappa shape index (κ2) is 9.20. The first-order chi connectivity index (χ1) is 10.1. The zero-order chi connectivity index (χ0) is 15.7. The molecule has 0 spiro atoms. The van der Waals surface area contributed by atoms with Crippen molar-refractivity contribution in [2.45, 2.75) is 40.0 Å². The highest BCUT2D eigenvalue weighted by Crippen LogP contribution is 2.11. The van der Waals surface area contributed by atoms with E-state index >= 15 is 0 Å². The van der Waals surface area contributed by atoms with E-state index in [-0.39, 0.29) is 12.5 Å². The number of hydrogen-bond acceptors (Lipinski definition) is 2. The van der Waals surface area contributed by atoms with Crippen LogP contribution in [0.1, 0.15) is 54.6 Å². The molecule has 1 rings (SSSR count). The van der Waals surface area contributed by atoms with Crippen molar-refractivity contribution in [1.82, 2.24) is 5.32 Å². The Morgan fingerprint density at radius 3 is 2.62 bits per heavy atom. The van der Waals surface area contributed by atoms with Gasteiger partial charge in [0, 0.05) is 24.1 Å². The zero-order valence-electron chi connectivity index (χ0n) is 13.2. The Kier molecular flexibility index (Phi) is 7.56. The molecule has 0 atom stereocenters. The third-order valence-corrected chi connectivity index (χ3v) is 3.65. The molecule has 1 amide bonds. The number of hydrogen-bond donors (Lipinski definition) is 2. The third kappa shape index (κ3) is 5.61. The van der Waals surface area contributed by atoms with Gasteiger partial charge in [0.15, 0.2) is 0 Å². The fourth-order valence-corrected chi connectivity index (χ4v) is 2.08. The molecule has 0 bridgehead atoms. The number of amides is 1. The van der Waals surface area contributed by atoms with Gasteiger partial charge in [-0.25, -0.2) is 0 Å². The summed E-state index contributed by atoms with van der Waals surface area (Å²) < 4.78 is 0. The SMILES string of the molecule is CCC(CC)CNC(=O)c1ccc(C#CCCO)c(C)c1. The summed E-state index contributed by atoms with van der Waals surface area (Å²) in [7, 11) is 0. The van der Waals surface area contributed by atoms with E-state index < -0.39 is 0 Å².